The summed E-state index contributed by atoms with van der Waals surface area (Å²) in [4.78, 5) is 68.9. The third-order valence-corrected chi connectivity index (χ3v) is 11.1. The smallest absolute Gasteiger partial charge is 0.394 e. The Kier molecular flexibility index (Phi) is 21.1. The molecule has 13 N–H and O–H groups in total. The first-order valence-electron chi connectivity index (χ1n) is 18.9. The van der Waals surface area contributed by atoms with Crippen LogP contribution in [0.15, 0.2) is 24.8 Å². The lowest BCUT2D eigenvalue weighted by Gasteiger charge is -2.43. The molecule has 0 saturated carbocycles. The number of carbonyl (C=O) groups excluding carboxylic acids is 4. The summed E-state index contributed by atoms with van der Waals surface area (Å²) >= 11 is 0. The quantitative estimate of drug-likeness (QED) is 0.0274. The van der Waals surface area contributed by atoms with E-state index in [1.54, 1.807) is 18.2 Å². The van der Waals surface area contributed by atoms with Gasteiger partial charge in [-0.1, -0.05) is 24.8 Å². The van der Waals surface area contributed by atoms with Crippen LogP contribution in [0.1, 0.15) is 33.6 Å². The average molecular weight is 939 g/mol. The molecule has 3 fully saturated rings. The lowest BCUT2D eigenvalue weighted by Crippen LogP contribution is -2.65. The Balaban J connectivity index is 1.69. The Morgan fingerprint density at radius 3 is 1.48 bits per heavy atom. The molecule has 0 aliphatic carbocycles. The van der Waals surface area contributed by atoms with E-state index in [1.165, 1.54) is 0 Å². The lowest BCUT2D eigenvalue weighted by atomic mass is 9.97. The number of aliphatic hydroxyl groups excluding tert-OH is 7. The maximum atomic E-state index is 13.3. The first-order valence-corrected chi connectivity index (χ1v) is 21.9. The summed E-state index contributed by atoms with van der Waals surface area (Å²) in [7, 11) is -10.8. The van der Waals surface area contributed by atoms with Crippen molar-refractivity contribution in [3.63, 3.8) is 0 Å². The van der Waals surface area contributed by atoms with Gasteiger partial charge in [-0.15, -0.1) is 0 Å². The highest BCUT2D eigenvalue weighted by atomic mass is 31.2. The number of rotatable bonds is 22. The molecule has 4 amide bonds. The van der Waals surface area contributed by atoms with E-state index in [2.05, 4.69) is 27.8 Å². The predicted molar refractivity (Wildman–Crippen MR) is 203 cm³/mol. The molecule has 27 nitrogen and oxygen atoms in total. The van der Waals surface area contributed by atoms with E-state index in [9.17, 15) is 73.8 Å². The van der Waals surface area contributed by atoms with Crippen LogP contribution >= 0.6 is 15.6 Å². The minimum absolute atomic E-state index is 0.0450. The molecule has 62 heavy (non-hydrogen) atoms. The fraction of sp³-hybridized carbons (Fsp3) is 0.758. The number of hydrogen-bond acceptors (Lipinski definition) is 21. The summed E-state index contributed by atoms with van der Waals surface area (Å²) in [6.45, 7) is 3.24. The largest absolute Gasteiger partial charge is 0.474 e. The third-order valence-electron chi connectivity index (χ3n) is 9.19. The highest BCUT2D eigenvalue weighted by molar-refractivity contribution is 7.47. The van der Waals surface area contributed by atoms with Crippen molar-refractivity contribution in [1.82, 2.24) is 21.3 Å². The Morgan fingerprint density at radius 2 is 1.06 bits per heavy atom. The molecule has 356 valence electrons. The molecular formula is C33H56N4O23P2. The molecule has 3 saturated heterocycles. The zero-order chi connectivity index (χ0) is 46.5. The Bertz CT molecular complexity index is 1650. The second-order valence-corrected chi connectivity index (χ2v) is 16.9. The van der Waals surface area contributed by atoms with Gasteiger partial charge in [-0.2, -0.15) is 0 Å². The molecule has 3 aliphatic rings. The topological polar surface area (TPSA) is 406 Å². The SMILES string of the molecule is C=C/C=C/CCC(=O)NCCO[C@H]1O[C@H](COP(=O)(O)O[C@H]2O[C@H](COP(=O)(O)O[C@H]3O[C@H](CO)[C@@H](O)[C@H](O)[C@@H]3NC(C)=O)[C@@H](O)[C@H](O)[C@@H]2NC(C)=O)[C@@H](O)[C@H](O)[C@@H]1NC(C)=O. The van der Waals surface area contributed by atoms with Gasteiger partial charge in [0, 0.05) is 33.7 Å². The van der Waals surface area contributed by atoms with E-state index >= 15 is 0 Å². The van der Waals surface area contributed by atoms with Crippen molar-refractivity contribution in [3.05, 3.63) is 24.8 Å². The van der Waals surface area contributed by atoms with Crippen LogP contribution in [0.5, 0.6) is 0 Å². The van der Waals surface area contributed by atoms with Crippen LogP contribution < -0.4 is 21.3 Å². The Labute approximate surface area is 354 Å². The van der Waals surface area contributed by atoms with E-state index < -0.39 is 145 Å². The molecule has 3 aliphatic heterocycles. The first kappa shape index (κ1) is 53.5. The highest BCUT2D eigenvalue weighted by Gasteiger charge is 2.52. The van der Waals surface area contributed by atoms with E-state index in [4.69, 9.17) is 37.0 Å². The molecule has 29 heteroatoms. The minimum Gasteiger partial charge on any atom is -0.394 e. The number of amides is 4. The van der Waals surface area contributed by atoms with E-state index in [0.717, 1.165) is 20.8 Å². The Hall–Kier alpha value is -2.86. The summed E-state index contributed by atoms with van der Waals surface area (Å²) in [5, 5.41) is 82.7. The Morgan fingerprint density at radius 1 is 0.661 bits per heavy atom. The van der Waals surface area contributed by atoms with Crippen molar-refractivity contribution < 1.29 is 111 Å². The van der Waals surface area contributed by atoms with Crippen LogP contribution in [0.4, 0.5) is 0 Å². The van der Waals surface area contributed by atoms with Crippen molar-refractivity contribution in [1.29, 1.82) is 0 Å². The van der Waals surface area contributed by atoms with Gasteiger partial charge >= 0.3 is 15.6 Å². The summed E-state index contributed by atoms with van der Waals surface area (Å²) in [5.74, 6) is -2.63. The van der Waals surface area contributed by atoms with Gasteiger partial charge in [0.2, 0.25) is 23.6 Å². The van der Waals surface area contributed by atoms with Gasteiger partial charge in [0.25, 0.3) is 0 Å². The summed E-state index contributed by atoms with van der Waals surface area (Å²) in [5.41, 5.74) is 0. The van der Waals surface area contributed by atoms with Gasteiger partial charge in [-0.3, -0.25) is 37.3 Å². The fourth-order valence-corrected chi connectivity index (χ4v) is 7.91. The molecule has 0 spiro atoms. The van der Waals surface area contributed by atoms with Crippen molar-refractivity contribution >= 4 is 39.3 Å². The standard InChI is InChI=1S/C33H56N4O23P2/c1-5-6-7-8-9-21(42)34-10-11-53-31-22(35-15(2)39)28(46)26(44)19(57-31)13-54-62(51,52)60-33-24(37-17(4)41)30(48)27(45)20(58-33)14-55-61(49,50)59-32-23(36-16(3)40)29(47)25(43)18(12-38)56-32/h5-7,18-20,22-33,38,43-48H,1,8-14H2,2-4H3,(H,34,42)(H,35,39)(H,36,40)(H,37,41)(H,49,50)(H,51,52)/b7-6+/t18-,19-,20-,22+,23+,24+,25-,26-,27-,28-,29-,30-,31+,32-,33-/m1/s1. The number of allylic oxidation sites excluding steroid dienone is 3. The number of nitrogens with one attached hydrogen (secondary N) is 4. The molecule has 0 aromatic heterocycles. The van der Waals surface area contributed by atoms with Crippen LogP contribution in [0.25, 0.3) is 0 Å². The highest BCUT2D eigenvalue weighted by Crippen LogP contribution is 2.49. The second kappa shape index (κ2) is 24.4. The molecule has 0 aromatic carbocycles. The summed E-state index contributed by atoms with van der Waals surface area (Å²) < 4.78 is 68.1. The number of ether oxygens (including phenoxy) is 4. The number of hydrogen-bond donors (Lipinski definition) is 13. The molecule has 0 aromatic rings. The van der Waals surface area contributed by atoms with Gasteiger partial charge in [0.15, 0.2) is 18.9 Å². The number of carbonyl (C=O) groups is 4. The number of aliphatic hydroxyl groups is 7. The lowest BCUT2D eigenvalue weighted by molar-refractivity contribution is -0.270. The molecule has 17 atom stereocenters. The molecule has 0 radical (unpaired) electrons. The van der Waals surface area contributed by atoms with Gasteiger partial charge in [0.05, 0.1) is 26.4 Å². The predicted octanol–water partition coefficient (Wildman–Crippen LogP) is -5.24. The van der Waals surface area contributed by atoms with E-state index in [0.29, 0.717) is 6.42 Å². The third kappa shape index (κ3) is 16.0. The van der Waals surface area contributed by atoms with Gasteiger partial charge < -0.3 is 85.7 Å². The summed E-state index contributed by atoms with van der Waals surface area (Å²) in [6, 6.07) is -4.87. The van der Waals surface area contributed by atoms with Crippen LogP contribution in [0.2, 0.25) is 0 Å². The second-order valence-electron chi connectivity index (χ2n) is 14.1. The van der Waals surface area contributed by atoms with Crippen LogP contribution in [0.3, 0.4) is 0 Å². The first-order chi connectivity index (χ1) is 29.0. The number of phosphoric ester groups is 2. The van der Waals surface area contributed by atoms with Crippen LogP contribution in [0, 0.1) is 0 Å². The van der Waals surface area contributed by atoms with Crippen molar-refractivity contribution in [2.45, 2.75) is 126 Å². The van der Waals surface area contributed by atoms with Gasteiger partial charge in [0.1, 0.15) is 73.1 Å². The van der Waals surface area contributed by atoms with Crippen molar-refractivity contribution in [3.8, 4) is 0 Å². The minimum atomic E-state index is -5.45. The summed E-state index contributed by atoms with van der Waals surface area (Å²) in [6.07, 6.45) is -16.8. The fourth-order valence-electron chi connectivity index (χ4n) is 6.23. The maximum Gasteiger partial charge on any atom is 0.474 e. The van der Waals surface area contributed by atoms with Gasteiger partial charge in [-0.25, -0.2) is 9.13 Å². The molecule has 3 rings (SSSR count). The van der Waals surface area contributed by atoms with E-state index in [-0.39, 0.29) is 25.5 Å². The van der Waals surface area contributed by atoms with Crippen molar-refractivity contribution in [2.24, 2.45) is 0 Å². The number of phosphoric acid groups is 2. The molecule has 0 bridgehead atoms. The zero-order valence-corrected chi connectivity index (χ0v) is 35.5. The molecule has 2 unspecified atom stereocenters. The van der Waals surface area contributed by atoms with E-state index in [1.807, 2.05) is 0 Å². The molecule has 3 heterocycles. The molecular weight excluding hydrogens is 882 g/mol. The van der Waals surface area contributed by atoms with Crippen LogP contribution in [-0.4, -0.2) is 194 Å². The monoisotopic (exact) mass is 938 g/mol. The average Bonchev–Trinajstić information content (AvgIpc) is 3.18. The zero-order valence-electron chi connectivity index (χ0n) is 33.7. The maximum absolute atomic E-state index is 13.3. The van der Waals surface area contributed by atoms with Crippen molar-refractivity contribution in [2.75, 3.05) is 33.0 Å². The van der Waals surface area contributed by atoms with Gasteiger partial charge in [-0.05, 0) is 6.42 Å². The van der Waals surface area contributed by atoms with Crippen LogP contribution in [-0.2, 0) is 65.4 Å². The normalized spacial score (nSPS) is 35.8.